The topological polar surface area (TPSA) is 67.9 Å². The van der Waals surface area contributed by atoms with Gasteiger partial charge in [0.1, 0.15) is 12.4 Å². The predicted octanol–water partition coefficient (Wildman–Crippen LogP) is 4.02. The summed E-state index contributed by atoms with van der Waals surface area (Å²) in [4.78, 5) is 20.6. The van der Waals surface area contributed by atoms with Gasteiger partial charge in [-0.15, -0.1) is 0 Å². The van der Waals surface area contributed by atoms with Crippen LogP contribution >= 0.6 is 0 Å². The highest BCUT2D eigenvalue weighted by Crippen LogP contribution is 2.22. The Morgan fingerprint density at radius 2 is 1.87 bits per heavy atom. The molecule has 1 aliphatic heterocycles. The molecule has 1 unspecified atom stereocenters. The lowest BCUT2D eigenvalue weighted by Crippen LogP contribution is -2.45. The number of Topliss-reactive ketones (excluding diaryl/α,β-unsaturated/α-hetero) is 1. The lowest BCUT2D eigenvalue weighted by molar-refractivity contribution is 0.0744. The highest BCUT2D eigenvalue weighted by molar-refractivity contribution is 6.00. The number of likely N-dealkylation sites (tertiary alicyclic amines) is 1. The predicted molar refractivity (Wildman–Crippen MR) is 117 cm³/mol. The first-order chi connectivity index (χ1) is 14.7. The zero-order valence-corrected chi connectivity index (χ0v) is 17.3. The quantitative estimate of drug-likeness (QED) is 0.277. The van der Waals surface area contributed by atoms with Crippen LogP contribution in [0.4, 0.5) is 4.39 Å². The number of ketones is 1. The molecule has 0 bridgehead atoms. The van der Waals surface area contributed by atoms with Crippen LogP contribution in [0.2, 0.25) is 0 Å². The van der Waals surface area contributed by atoms with Crippen LogP contribution < -0.4 is 5.73 Å². The van der Waals surface area contributed by atoms with Crippen LogP contribution in [0.3, 0.4) is 0 Å². The monoisotopic (exact) mass is 411 g/mol. The summed E-state index contributed by atoms with van der Waals surface area (Å²) in [6, 6.07) is 15.7. The zero-order chi connectivity index (χ0) is 21.2. The molecule has 30 heavy (non-hydrogen) atoms. The van der Waals surface area contributed by atoms with Gasteiger partial charge in [-0.3, -0.25) is 9.69 Å². The molecular weight excluding hydrogens is 381 g/mol. The first kappa shape index (κ1) is 22.1. The molecule has 2 N–H and O–H groups in total. The molecule has 5 nitrogen and oxygen atoms in total. The van der Waals surface area contributed by atoms with Crippen molar-refractivity contribution in [3.05, 3.63) is 71.5 Å². The van der Waals surface area contributed by atoms with Crippen LogP contribution in [-0.4, -0.2) is 48.7 Å². The van der Waals surface area contributed by atoms with E-state index in [1.54, 1.807) is 12.1 Å². The summed E-state index contributed by atoms with van der Waals surface area (Å²) in [7, 11) is 0. The van der Waals surface area contributed by atoms with E-state index < -0.39 is 0 Å². The van der Waals surface area contributed by atoms with Crippen LogP contribution in [0.5, 0.6) is 0 Å². The second-order valence-corrected chi connectivity index (χ2v) is 7.55. The first-order valence-electron chi connectivity index (χ1n) is 10.7. The van der Waals surface area contributed by atoms with Crippen LogP contribution in [0.25, 0.3) is 0 Å². The summed E-state index contributed by atoms with van der Waals surface area (Å²) in [5.41, 5.74) is 8.00. The van der Waals surface area contributed by atoms with E-state index in [2.05, 4.69) is 10.1 Å². The Labute approximate surface area is 177 Å². The number of nitrogens with zero attached hydrogens (tertiary/aromatic N) is 2. The smallest absolute Gasteiger partial charge is 0.179 e. The minimum absolute atomic E-state index is 0.0814. The fourth-order valence-electron chi connectivity index (χ4n) is 3.86. The number of halogens is 1. The Morgan fingerprint density at radius 1 is 1.10 bits per heavy atom. The van der Waals surface area contributed by atoms with Crippen LogP contribution in [-0.2, 0) is 4.84 Å². The number of hydrogen-bond acceptors (Lipinski definition) is 5. The number of carbonyl (C=O) groups is 1. The van der Waals surface area contributed by atoms with Crippen molar-refractivity contribution in [1.82, 2.24) is 4.90 Å². The van der Waals surface area contributed by atoms with E-state index in [9.17, 15) is 9.18 Å². The van der Waals surface area contributed by atoms with E-state index in [1.807, 2.05) is 30.3 Å². The molecule has 0 spiro atoms. The van der Waals surface area contributed by atoms with Gasteiger partial charge in [-0.05, 0) is 68.6 Å². The van der Waals surface area contributed by atoms with Crippen molar-refractivity contribution in [2.24, 2.45) is 10.9 Å². The number of benzene rings is 2. The molecule has 0 saturated carbocycles. The van der Waals surface area contributed by atoms with Crippen molar-refractivity contribution in [3.8, 4) is 0 Å². The third kappa shape index (κ3) is 6.21. The Bertz CT molecular complexity index is 824. The van der Waals surface area contributed by atoms with Crippen molar-refractivity contribution in [2.75, 3.05) is 26.2 Å². The van der Waals surface area contributed by atoms with Gasteiger partial charge in [0.2, 0.25) is 0 Å². The molecule has 1 atom stereocenters. The van der Waals surface area contributed by atoms with E-state index in [0.717, 1.165) is 56.5 Å². The standard InChI is InChI=1S/C24H30FN3O2/c25-21-13-11-20(12-14-21)24(29)23-10-4-5-16-28(23)17-6-9-22(27-30-18-15-26)19-7-2-1-3-8-19/h1-3,7-8,11-14,23H,4-6,9-10,15-18,26H2/b27-22-. The third-order valence-electron chi connectivity index (χ3n) is 5.39. The molecule has 1 aliphatic rings. The molecule has 0 amide bonds. The molecule has 1 saturated heterocycles. The summed E-state index contributed by atoms with van der Waals surface area (Å²) < 4.78 is 13.2. The molecule has 0 aliphatic carbocycles. The Kier molecular flexibility index (Phi) is 8.53. The number of carbonyl (C=O) groups excluding carboxylic acids is 1. The van der Waals surface area contributed by atoms with E-state index >= 15 is 0 Å². The molecule has 6 heteroatoms. The Balaban J connectivity index is 1.62. The second-order valence-electron chi connectivity index (χ2n) is 7.55. The normalized spacial score (nSPS) is 17.7. The Hall–Kier alpha value is -2.57. The van der Waals surface area contributed by atoms with Crippen molar-refractivity contribution in [2.45, 2.75) is 38.1 Å². The van der Waals surface area contributed by atoms with Gasteiger partial charge in [0.15, 0.2) is 5.78 Å². The second kappa shape index (κ2) is 11.6. The molecule has 2 aromatic rings. The fourth-order valence-corrected chi connectivity index (χ4v) is 3.86. The van der Waals surface area contributed by atoms with Crippen LogP contribution in [0, 0.1) is 5.82 Å². The van der Waals surface area contributed by atoms with E-state index in [4.69, 9.17) is 10.6 Å². The van der Waals surface area contributed by atoms with E-state index in [0.29, 0.717) is 18.7 Å². The number of rotatable bonds is 10. The fraction of sp³-hybridized carbons (Fsp3) is 0.417. The van der Waals surface area contributed by atoms with Gasteiger partial charge in [0.05, 0.1) is 11.8 Å². The molecule has 1 fully saturated rings. The minimum atomic E-state index is -0.323. The van der Waals surface area contributed by atoms with E-state index in [1.165, 1.54) is 12.1 Å². The van der Waals surface area contributed by atoms with E-state index in [-0.39, 0.29) is 17.6 Å². The summed E-state index contributed by atoms with van der Waals surface area (Å²) in [6.07, 6.45) is 4.59. The molecule has 0 radical (unpaired) electrons. The lowest BCUT2D eigenvalue weighted by Gasteiger charge is -2.34. The molecule has 0 aromatic heterocycles. The van der Waals surface area contributed by atoms with Gasteiger partial charge < -0.3 is 10.6 Å². The van der Waals surface area contributed by atoms with Crippen molar-refractivity contribution in [3.63, 3.8) is 0 Å². The number of oxime groups is 1. The van der Waals surface area contributed by atoms with Crippen LogP contribution in [0.1, 0.15) is 48.0 Å². The van der Waals surface area contributed by atoms with Gasteiger partial charge in [0.25, 0.3) is 0 Å². The molecule has 2 aromatic carbocycles. The largest absolute Gasteiger partial charge is 0.394 e. The summed E-state index contributed by atoms with van der Waals surface area (Å²) in [5.74, 6) is -0.241. The number of nitrogens with two attached hydrogens (primary N) is 1. The lowest BCUT2D eigenvalue weighted by atomic mass is 9.94. The van der Waals surface area contributed by atoms with Gasteiger partial charge >= 0.3 is 0 Å². The number of hydrogen-bond donors (Lipinski definition) is 1. The average molecular weight is 412 g/mol. The van der Waals surface area contributed by atoms with Gasteiger partial charge in [-0.2, -0.15) is 0 Å². The van der Waals surface area contributed by atoms with Crippen molar-refractivity contribution in [1.29, 1.82) is 0 Å². The maximum Gasteiger partial charge on any atom is 0.179 e. The van der Waals surface area contributed by atoms with Gasteiger partial charge in [-0.1, -0.05) is 41.9 Å². The van der Waals surface area contributed by atoms with Gasteiger partial charge in [-0.25, -0.2) is 4.39 Å². The molecular formula is C24H30FN3O2. The summed E-state index contributed by atoms with van der Waals surface area (Å²) >= 11 is 0. The van der Waals surface area contributed by atoms with Gasteiger partial charge in [0, 0.05) is 12.1 Å². The molecule has 160 valence electrons. The summed E-state index contributed by atoms with van der Waals surface area (Å²) in [5, 5.41) is 4.29. The summed E-state index contributed by atoms with van der Waals surface area (Å²) in [6.45, 7) is 2.52. The average Bonchev–Trinajstić information content (AvgIpc) is 2.79. The van der Waals surface area contributed by atoms with Crippen LogP contribution in [0.15, 0.2) is 59.8 Å². The minimum Gasteiger partial charge on any atom is -0.394 e. The number of piperidine rings is 1. The van der Waals surface area contributed by atoms with Crippen molar-refractivity contribution < 1.29 is 14.0 Å². The SMILES string of the molecule is NCCO/N=C(/CCCN1CCCCC1C(=O)c1ccc(F)cc1)c1ccccc1. The Morgan fingerprint density at radius 3 is 2.60 bits per heavy atom. The highest BCUT2D eigenvalue weighted by Gasteiger charge is 2.29. The maximum absolute atomic E-state index is 13.2. The zero-order valence-electron chi connectivity index (χ0n) is 17.3. The maximum atomic E-state index is 13.2. The first-order valence-corrected chi connectivity index (χ1v) is 10.7. The van der Waals surface area contributed by atoms with Crippen molar-refractivity contribution >= 4 is 11.5 Å². The third-order valence-corrected chi connectivity index (χ3v) is 5.39. The molecule has 3 rings (SSSR count). The molecule has 1 heterocycles. The highest BCUT2D eigenvalue weighted by atomic mass is 19.1.